The van der Waals surface area contributed by atoms with Crippen molar-refractivity contribution in [2.45, 2.75) is 33.1 Å². The largest absolute Gasteiger partial charge is 0.451 e. The van der Waals surface area contributed by atoms with Crippen molar-refractivity contribution >= 4 is 18.0 Å². The van der Waals surface area contributed by atoms with Gasteiger partial charge in [-0.2, -0.15) is 0 Å². The van der Waals surface area contributed by atoms with E-state index in [2.05, 4.69) is 15.4 Å². The van der Waals surface area contributed by atoms with E-state index in [0.29, 0.717) is 11.5 Å². The number of carbonyl (C=O) groups is 2. The van der Waals surface area contributed by atoms with Crippen molar-refractivity contribution in [3.8, 4) is 0 Å². The molecule has 1 amide bonds. The van der Waals surface area contributed by atoms with Gasteiger partial charge in [-0.15, -0.1) is 9.90 Å². The van der Waals surface area contributed by atoms with Crippen molar-refractivity contribution in [2.75, 3.05) is 12.2 Å². The third kappa shape index (κ3) is 5.53. The predicted molar refractivity (Wildman–Crippen MR) is 84.9 cm³/mol. The Morgan fingerprint density at radius 2 is 2.00 bits per heavy atom. The standard InChI is InChI=1S/C15H19N5O5/c1-3-7-13(21)25-20(14-16-18-19(17-14)11-23-2)15(22)24-10-12-8-5-4-6-9-12/h4-6,8-9H,3,7,10-11H2,1-2H3. The predicted octanol–water partition coefficient (Wildman–Crippen LogP) is 1.68. The van der Waals surface area contributed by atoms with E-state index in [1.165, 1.54) is 7.11 Å². The first-order chi connectivity index (χ1) is 12.1. The Kier molecular flexibility index (Phi) is 6.84. The molecule has 0 saturated heterocycles. The van der Waals surface area contributed by atoms with E-state index >= 15 is 0 Å². The number of nitrogens with zero attached hydrogens (tertiary/aromatic N) is 5. The molecule has 0 N–H and O–H groups in total. The van der Waals surface area contributed by atoms with Gasteiger partial charge in [-0.25, -0.2) is 9.59 Å². The van der Waals surface area contributed by atoms with Crippen LogP contribution in [0.2, 0.25) is 0 Å². The summed E-state index contributed by atoms with van der Waals surface area (Å²) in [4.78, 5) is 30.2. The average molecular weight is 349 g/mol. The van der Waals surface area contributed by atoms with Crippen molar-refractivity contribution in [1.29, 1.82) is 0 Å². The van der Waals surface area contributed by atoms with Crippen LogP contribution in [0.25, 0.3) is 0 Å². The monoisotopic (exact) mass is 349 g/mol. The van der Waals surface area contributed by atoms with Crippen LogP contribution in [0, 0.1) is 0 Å². The molecule has 1 heterocycles. The molecule has 1 aromatic heterocycles. The topological polar surface area (TPSA) is 109 Å². The van der Waals surface area contributed by atoms with Gasteiger partial charge in [-0.1, -0.05) is 47.4 Å². The van der Waals surface area contributed by atoms with Crippen LogP contribution in [-0.2, 0) is 32.4 Å². The molecule has 0 bridgehead atoms. The Labute approximate surface area is 144 Å². The summed E-state index contributed by atoms with van der Waals surface area (Å²) in [5, 5.41) is 11.9. The lowest BCUT2D eigenvalue weighted by atomic mass is 10.2. The molecule has 1 aromatic carbocycles. The van der Waals surface area contributed by atoms with Gasteiger partial charge in [0.2, 0.25) is 0 Å². The minimum Gasteiger partial charge on any atom is -0.442 e. The Morgan fingerprint density at radius 1 is 1.24 bits per heavy atom. The van der Waals surface area contributed by atoms with E-state index in [-0.39, 0.29) is 25.7 Å². The van der Waals surface area contributed by atoms with Gasteiger partial charge in [-0.3, -0.25) is 0 Å². The second-order valence-electron chi connectivity index (χ2n) is 4.93. The maximum Gasteiger partial charge on any atom is 0.451 e. The Hall–Kier alpha value is -3.01. The zero-order chi connectivity index (χ0) is 18.1. The first-order valence-electron chi connectivity index (χ1n) is 7.62. The lowest BCUT2D eigenvalue weighted by molar-refractivity contribution is -0.144. The molecule has 2 rings (SSSR count). The third-order valence-electron chi connectivity index (χ3n) is 2.89. The second-order valence-corrected chi connectivity index (χ2v) is 4.93. The zero-order valence-corrected chi connectivity index (χ0v) is 14.0. The number of hydrogen-bond acceptors (Lipinski definition) is 8. The number of hydrogen-bond donors (Lipinski definition) is 0. The van der Waals surface area contributed by atoms with Gasteiger partial charge in [-0.05, 0) is 17.2 Å². The summed E-state index contributed by atoms with van der Waals surface area (Å²) in [5.41, 5.74) is 0.784. The molecule has 134 valence electrons. The van der Waals surface area contributed by atoms with E-state index in [0.717, 1.165) is 10.4 Å². The number of benzene rings is 1. The SMILES string of the molecule is CCCC(=O)ON(C(=O)OCc1ccccc1)c1nnn(COC)n1. The fraction of sp³-hybridized carbons (Fsp3) is 0.400. The molecule has 0 saturated carbocycles. The number of anilines is 1. The molecule has 0 aliphatic carbocycles. The molecule has 0 spiro atoms. The van der Waals surface area contributed by atoms with Gasteiger partial charge < -0.3 is 14.3 Å². The first kappa shape index (κ1) is 18.3. The van der Waals surface area contributed by atoms with Crippen LogP contribution in [0.3, 0.4) is 0 Å². The number of aromatic nitrogens is 4. The molecule has 10 nitrogen and oxygen atoms in total. The van der Waals surface area contributed by atoms with Crippen molar-refractivity contribution < 1.29 is 23.9 Å². The van der Waals surface area contributed by atoms with Crippen molar-refractivity contribution in [2.24, 2.45) is 0 Å². The molecule has 0 aliphatic heterocycles. The van der Waals surface area contributed by atoms with Crippen molar-refractivity contribution in [1.82, 2.24) is 20.2 Å². The maximum atomic E-state index is 12.3. The van der Waals surface area contributed by atoms with Gasteiger partial charge in [0, 0.05) is 13.5 Å². The lowest BCUT2D eigenvalue weighted by Crippen LogP contribution is -2.35. The number of rotatable bonds is 7. The number of ether oxygens (including phenoxy) is 2. The Balaban J connectivity index is 2.08. The number of methoxy groups -OCH3 is 1. The fourth-order valence-corrected chi connectivity index (χ4v) is 1.78. The highest BCUT2D eigenvalue weighted by Gasteiger charge is 2.27. The van der Waals surface area contributed by atoms with Crippen LogP contribution < -0.4 is 5.06 Å². The molecular formula is C15H19N5O5. The quantitative estimate of drug-likeness (QED) is 0.695. The normalized spacial score (nSPS) is 10.3. The molecule has 10 heteroatoms. The molecule has 0 fully saturated rings. The van der Waals surface area contributed by atoms with Crippen molar-refractivity contribution in [3.05, 3.63) is 35.9 Å². The molecule has 2 aromatic rings. The summed E-state index contributed by atoms with van der Waals surface area (Å²) in [6.07, 6.45) is -0.227. The summed E-state index contributed by atoms with van der Waals surface area (Å²) < 4.78 is 10.0. The third-order valence-corrected chi connectivity index (χ3v) is 2.89. The van der Waals surface area contributed by atoms with Crippen LogP contribution in [0.5, 0.6) is 0 Å². The van der Waals surface area contributed by atoms with Crippen LogP contribution in [-0.4, -0.2) is 39.4 Å². The number of tetrazole rings is 1. The highest BCUT2D eigenvalue weighted by Crippen LogP contribution is 2.11. The second kappa shape index (κ2) is 9.33. The molecular weight excluding hydrogens is 330 g/mol. The van der Waals surface area contributed by atoms with Gasteiger partial charge in [0.15, 0.2) is 6.73 Å². The average Bonchev–Trinajstić information content (AvgIpc) is 3.07. The van der Waals surface area contributed by atoms with E-state index in [9.17, 15) is 9.59 Å². The Morgan fingerprint density at radius 3 is 2.68 bits per heavy atom. The van der Waals surface area contributed by atoms with Crippen molar-refractivity contribution in [3.63, 3.8) is 0 Å². The first-order valence-corrected chi connectivity index (χ1v) is 7.62. The van der Waals surface area contributed by atoms with Gasteiger partial charge in [0.1, 0.15) is 6.61 Å². The fourth-order valence-electron chi connectivity index (χ4n) is 1.78. The number of carbonyl (C=O) groups excluding carboxylic acids is 2. The lowest BCUT2D eigenvalue weighted by Gasteiger charge is -2.16. The zero-order valence-electron chi connectivity index (χ0n) is 14.0. The van der Waals surface area contributed by atoms with E-state index in [4.69, 9.17) is 14.3 Å². The smallest absolute Gasteiger partial charge is 0.442 e. The number of hydroxylamine groups is 1. The summed E-state index contributed by atoms with van der Waals surface area (Å²) >= 11 is 0. The highest BCUT2D eigenvalue weighted by atomic mass is 16.8. The van der Waals surface area contributed by atoms with Gasteiger partial charge >= 0.3 is 18.0 Å². The molecule has 25 heavy (non-hydrogen) atoms. The van der Waals surface area contributed by atoms with Crippen LogP contribution in [0.1, 0.15) is 25.3 Å². The van der Waals surface area contributed by atoms with Gasteiger partial charge in [0.25, 0.3) is 0 Å². The summed E-state index contributed by atoms with van der Waals surface area (Å²) in [6, 6.07) is 9.09. The minimum atomic E-state index is -0.926. The molecule has 0 atom stereocenters. The van der Waals surface area contributed by atoms with E-state index < -0.39 is 12.1 Å². The van der Waals surface area contributed by atoms with E-state index in [1.54, 1.807) is 12.1 Å². The summed E-state index contributed by atoms with van der Waals surface area (Å²) in [7, 11) is 1.45. The minimum absolute atomic E-state index is 0.00765. The highest BCUT2D eigenvalue weighted by molar-refractivity contribution is 5.86. The summed E-state index contributed by atoms with van der Waals surface area (Å²) in [5.74, 6) is -0.832. The van der Waals surface area contributed by atoms with E-state index in [1.807, 2.05) is 25.1 Å². The summed E-state index contributed by atoms with van der Waals surface area (Å²) in [6.45, 7) is 1.85. The van der Waals surface area contributed by atoms with Crippen LogP contribution in [0.15, 0.2) is 30.3 Å². The maximum absolute atomic E-state index is 12.3. The number of amides is 1. The Bertz CT molecular complexity index is 691. The molecule has 0 radical (unpaired) electrons. The van der Waals surface area contributed by atoms with Gasteiger partial charge in [0.05, 0.1) is 0 Å². The van der Waals surface area contributed by atoms with Crippen LogP contribution >= 0.6 is 0 Å². The molecule has 0 aliphatic rings. The molecule has 0 unspecified atom stereocenters. The van der Waals surface area contributed by atoms with Crippen LogP contribution in [0.4, 0.5) is 10.7 Å².